The number of Topliss-reactive ketones (excluding diaryl/α,β-unsaturated/α-hetero) is 2. The number of likely N-dealkylation sites (N-methyl/N-ethyl adjacent to an activating group) is 1. The fraction of sp³-hybridized carbons (Fsp3) is 0.409. The lowest BCUT2D eigenvalue weighted by Crippen LogP contribution is -2.65. The molecule has 9 heteroatoms. The van der Waals surface area contributed by atoms with Gasteiger partial charge in [-0.25, -0.2) is 0 Å². The number of benzene rings is 1. The molecule has 4 rings (SSSR count). The molecule has 1 fully saturated rings. The molecule has 0 aliphatic heterocycles. The Balaban J connectivity index is 1.99. The number of phenols is 1. The summed E-state index contributed by atoms with van der Waals surface area (Å²) in [4.78, 5) is 39.9. The number of amides is 1. The SMILES string of the molecule is Cc1ccc(O)c2c1C[C@@H]1C[C@@H]3[C@@H](N(C)C)C(=O)C(C(N)=O)=C(O)[C@]3(O)C(=O)C1=C2O. The molecule has 0 aromatic heterocycles. The second-order valence-corrected chi connectivity index (χ2v) is 8.72. The number of aliphatic hydroxyl groups excluding tert-OH is 2. The Hall–Kier alpha value is -3.17. The van der Waals surface area contributed by atoms with Gasteiger partial charge in [0.1, 0.15) is 22.8 Å². The molecular formula is C22H24N2O7. The molecule has 6 N–H and O–H groups in total. The number of carbonyl (C=O) groups is 3. The van der Waals surface area contributed by atoms with Crippen LogP contribution >= 0.6 is 0 Å². The van der Waals surface area contributed by atoms with Crippen LogP contribution in [0.15, 0.2) is 29.0 Å². The molecule has 0 bridgehead atoms. The van der Waals surface area contributed by atoms with E-state index < -0.39 is 58.0 Å². The summed E-state index contributed by atoms with van der Waals surface area (Å²) >= 11 is 0. The zero-order chi connectivity index (χ0) is 23.0. The minimum absolute atomic E-state index is 0.0842. The molecule has 9 nitrogen and oxygen atoms in total. The summed E-state index contributed by atoms with van der Waals surface area (Å²) in [6.45, 7) is 1.82. The molecule has 3 aliphatic carbocycles. The predicted octanol–water partition coefficient (Wildman–Crippen LogP) is 0.272. The number of phenolic OH excluding ortho intramolecular Hbond substituents is 1. The molecule has 1 aromatic carbocycles. The fourth-order valence-electron chi connectivity index (χ4n) is 5.40. The van der Waals surface area contributed by atoms with Crippen molar-refractivity contribution < 1.29 is 34.8 Å². The Labute approximate surface area is 178 Å². The van der Waals surface area contributed by atoms with Crippen molar-refractivity contribution >= 4 is 23.2 Å². The first kappa shape index (κ1) is 21.1. The van der Waals surface area contributed by atoms with Gasteiger partial charge < -0.3 is 26.2 Å². The van der Waals surface area contributed by atoms with Crippen LogP contribution in [0.2, 0.25) is 0 Å². The summed E-state index contributed by atoms with van der Waals surface area (Å²) in [5.41, 5.74) is 3.30. The first-order valence-electron chi connectivity index (χ1n) is 9.89. The van der Waals surface area contributed by atoms with Crippen molar-refractivity contribution in [3.63, 3.8) is 0 Å². The molecule has 3 aliphatic rings. The van der Waals surface area contributed by atoms with Crippen LogP contribution in [0.5, 0.6) is 5.75 Å². The van der Waals surface area contributed by atoms with Gasteiger partial charge in [-0.2, -0.15) is 0 Å². The van der Waals surface area contributed by atoms with E-state index >= 15 is 0 Å². The number of aromatic hydroxyl groups is 1. The number of hydrogen-bond acceptors (Lipinski definition) is 8. The topological polar surface area (TPSA) is 161 Å². The molecule has 0 saturated heterocycles. The van der Waals surface area contributed by atoms with Crippen LogP contribution in [-0.4, -0.2) is 68.5 Å². The fourth-order valence-corrected chi connectivity index (χ4v) is 5.40. The summed E-state index contributed by atoms with van der Waals surface area (Å²) in [5.74, 6) is -6.42. The van der Waals surface area contributed by atoms with E-state index in [1.165, 1.54) is 11.0 Å². The summed E-state index contributed by atoms with van der Waals surface area (Å²) in [6, 6.07) is 2.02. The molecule has 1 saturated carbocycles. The third-order valence-electron chi connectivity index (χ3n) is 6.84. The van der Waals surface area contributed by atoms with Crippen molar-refractivity contribution in [1.82, 2.24) is 4.90 Å². The maximum absolute atomic E-state index is 13.6. The molecule has 4 atom stereocenters. The zero-order valence-corrected chi connectivity index (χ0v) is 17.3. The van der Waals surface area contributed by atoms with Crippen LogP contribution < -0.4 is 5.73 Å². The molecule has 1 amide bonds. The number of hydrogen-bond donors (Lipinski definition) is 5. The van der Waals surface area contributed by atoms with Crippen molar-refractivity contribution in [2.75, 3.05) is 14.1 Å². The lowest BCUT2D eigenvalue weighted by molar-refractivity contribution is -0.153. The van der Waals surface area contributed by atoms with Crippen LogP contribution in [0, 0.1) is 18.8 Å². The van der Waals surface area contributed by atoms with Crippen LogP contribution in [0.3, 0.4) is 0 Å². The Morgan fingerprint density at radius 3 is 2.42 bits per heavy atom. The highest BCUT2D eigenvalue weighted by Crippen LogP contribution is 2.52. The summed E-state index contributed by atoms with van der Waals surface area (Å²) < 4.78 is 0. The van der Waals surface area contributed by atoms with Gasteiger partial charge in [0.15, 0.2) is 11.4 Å². The minimum atomic E-state index is -2.61. The van der Waals surface area contributed by atoms with Crippen LogP contribution in [0.1, 0.15) is 23.1 Å². The highest BCUT2D eigenvalue weighted by molar-refractivity contribution is 6.24. The van der Waals surface area contributed by atoms with Crippen molar-refractivity contribution in [3.05, 3.63) is 45.7 Å². The number of nitrogens with two attached hydrogens (primary N) is 1. The smallest absolute Gasteiger partial charge is 0.255 e. The highest BCUT2D eigenvalue weighted by Gasteiger charge is 2.64. The predicted molar refractivity (Wildman–Crippen MR) is 109 cm³/mol. The van der Waals surface area contributed by atoms with E-state index in [1.54, 1.807) is 20.2 Å². The lowest BCUT2D eigenvalue weighted by Gasteiger charge is -2.50. The molecule has 0 radical (unpaired) electrons. The number of aryl methyl sites for hydroxylation is 1. The number of primary amides is 1. The van der Waals surface area contributed by atoms with E-state index in [4.69, 9.17) is 5.73 Å². The van der Waals surface area contributed by atoms with Crippen molar-refractivity contribution in [2.45, 2.75) is 31.4 Å². The van der Waals surface area contributed by atoms with Crippen LogP contribution in [0.25, 0.3) is 5.76 Å². The highest BCUT2D eigenvalue weighted by atomic mass is 16.3. The summed E-state index contributed by atoms with van der Waals surface area (Å²) in [5, 5.41) is 43.4. The van der Waals surface area contributed by atoms with Gasteiger partial charge >= 0.3 is 0 Å². The summed E-state index contributed by atoms with van der Waals surface area (Å²) in [7, 11) is 3.13. The number of ketones is 2. The zero-order valence-electron chi connectivity index (χ0n) is 17.3. The van der Waals surface area contributed by atoms with Gasteiger partial charge in [-0.15, -0.1) is 0 Å². The van der Waals surface area contributed by atoms with E-state index in [-0.39, 0.29) is 23.3 Å². The largest absolute Gasteiger partial charge is 0.508 e. The Kier molecular flexibility index (Phi) is 4.53. The van der Waals surface area contributed by atoms with Crippen LogP contribution in [0.4, 0.5) is 0 Å². The number of nitrogens with zero attached hydrogens (tertiary/aromatic N) is 1. The molecule has 1 aromatic rings. The van der Waals surface area contributed by atoms with Gasteiger partial charge in [-0.1, -0.05) is 6.07 Å². The van der Waals surface area contributed by atoms with Crippen molar-refractivity contribution in [3.8, 4) is 5.75 Å². The maximum atomic E-state index is 13.6. The van der Waals surface area contributed by atoms with E-state index in [1.807, 2.05) is 6.92 Å². The Morgan fingerprint density at radius 2 is 1.84 bits per heavy atom. The third kappa shape index (κ3) is 2.60. The van der Waals surface area contributed by atoms with Gasteiger partial charge in [0.25, 0.3) is 5.91 Å². The first-order chi connectivity index (χ1) is 14.4. The minimum Gasteiger partial charge on any atom is -0.508 e. The normalized spacial score (nSPS) is 30.3. The molecule has 164 valence electrons. The van der Waals surface area contributed by atoms with E-state index in [0.29, 0.717) is 12.0 Å². The Bertz CT molecular complexity index is 1120. The Morgan fingerprint density at radius 1 is 1.19 bits per heavy atom. The second kappa shape index (κ2) is 6.66. The number of rotatable bonds is 2. The standard InChI is InChI=1S/C22H24N2O7/c1-8-4-5-12(25)14-10(8)6-9-7-11-16(24(2)3)18(27)15(21(23)30)20(29)22(11,31)19(28)13(9)17(14)26/h4-5,9,11,16,25-26,29,31H,6-7H2,1-3H3,(H2,23,30)/t9-,11-,16-,22-/m1/s1. The van der Waals surface area contributed by atoms with Crippen molar-refractivity contribution in [2.24, 2.45) is 17.6 Å². The second-order valence-electron chi connectivity index (χ2n) is 8.72. The molecule has 0 unspecified atom stereocenters. The molecule has 0 spiro atoms. The van der Waals surface area contributed by atoms with E-state index in [2.05, 4.69) is 0 Å². The lowest BCUT2D eigenvalue weighted by atomic mass is 9.57. The van der Waals surface area contributed by atoms with Gasteiger partial charge in [0, 0.05) is 11.5 Å². The van der Waals surface area contributed by atoms with Crippen molar-refractivity contribution in [1.29, 1.82) is 0 Å². The van der Waals surface area contributed by atoms with Gasteiger partial charge in [-0.05, 0) is 57.0 Å². The average Bonchev–Trinajstić information content (AvgIpc) is 2.67. The van der Waals surface area contributed by atoms with E-state index in [9.17, 15) is 34.8 Å². The molecule has 0 heterocycles. The quantitative estimate of drug-likeness (QED) is 0.420. The van der Waals surface area contributed by atoms with Gasteiger partial charge in [0.2, 0.25) is 5.78 Å². The number of aliphatic hydroxyl groups is 3. The first-order valence-corrected chi connectivity index (χ1v) is 9.89. The summed E-state index contributed by atoms with van der Waals surface area (Å²) in [6.07, 6.45) is 0.385. The monoisotopic (exact) mass is 428 g/mol. The number of carbonyl (C=O) groups excluding carboxylic acids is 3. The van der Waals surface area contributed by atoms with Gasteiger partial charge in [0.05, 0.1) is 11.6 Å². The number of fused-ring (bicyclic) bond motifs is 3. The molecular weight excluding hydrogens is 404 g/mol. The maximum Gasteiger partial charge on any atom is 0.255 e. The van der Waals surface area contributed by atoms with Gasteiger partial charge in [-0.3, -0.25) is 19.3 Å². The molecule has 31 heavy (non-hydrogen) atoms. The third-order valence-corrected chi connectivity index (χ3v) is 6.84. The average molecular weight is 428 g/mol. The van der Waals surface area contributed by atoms with E-state index in [0.717, 1.165) is 5.56 Å². The van der Waals surface area contributed by atoms with Crippen LogP contribution in [-0.2, 0) is 20.8 Å².